The zero-order valence-electron chi connectivity index (χ0n) is 15.8. The third-order valence-corrected chi connectivity index (χ3v) is 7.13. The summed E-state index contributed by atoms with van der Waals surface area (Å²) in [5.74, 6) is 3.29. The van der Waals surface area contributed by atoms with Gasteiger partial charge in [0.15, 0.2) is 0 Å². The van der Waals surface area contributed by atoms with Gasteiger partial charge in [0.05, 0.1) is 10.3 Å². The fraction of sp³-hybridized carbons (Fsp3) is 0.381. The van der Waals surface area contributed by atoms with Gasteiger partial charge < -0.3 is 9.14 Å². The molecule has 0 N–H and O–H groups in total. The Morgan fingerprint density at radius 3 is 2.52 bits per heavy atom. The first-order valence-electron chi connectivity index (χ1n) is 9.18. The molecule has 2 heterocycles. The van der Waals surface area contributed by atoms with Crippen molar-refractivity contribution in [3.05, 3.63) is 66.1 Å². The lowest BCUT2D eigenvalue weighted by atomic mass is 10.2. The van der Waals surface area contributed by atoms with Crippen molar-refractivity contribution in [3.63, 3.8) is 0 Å². The highest BCUT2D eigenvalue weighted by atomic mass is 35.5. The van der Waals surface area contributed by atoms with E-state index in [1.54, 1.807) is 0 Å². The standard InChI is InChI=1S/C21H26N2OS2.ClH/c1-3-12-25-21(26-13-4-2)17-8-7-9-19(14-17)24-16-18-15-23-11-6-5-10-20(23)22-18;/h5-11,14-15,21H,3-4,12-13,16H2,1-2H3;1H. The molecule has 0 saturated carbocycles. The first kappa shape index (κ1) is 22.0. The smallest absolute Gasteiger partial charge is 0.137 e. The molecule has 0 saturated heterocycles. The lowest BCUT2D eigenvalue weighted by molar-refractivity contribution is 0.302. The number of ether oxygens (including phenoxy) is 1. The van der Waals surface area contributed by atoms with E-state index >= 15 is 0 Å². The zero-order chi connectivity index (χ0) is 18.2. The van der Waals surface area contributed by atoms with Crippen LogP contribution in [-0.4, -0.2) is 20.9 Å². The molecule has 1 aromatic carbocycles. The summed E-state index contributed by atoms with van der Waals surface area (Å²) in [4.78, 5) is 4.60. The molecule has 0 bridgehead atoms. The van der Waals surface area contributed by atoms with E-state index in [2.05, 4.69) is 37.0 Å². The summed E-state index contributed by atoms with van der Waals surface area (Å²) in [5.41, 5.74) is 3.24. The van der Waals surface area contributed by atoms with Crippen LogP contribution in [-0.2, 0) is 6.61 Å². The number of aromatic nitrogens is 2. The largest absolute Gasteiger partial charge is 0.487 e. The Morgan fingerprint density at radius 2 is 1.81 bits per heavy atom. The summed E-state index contributed by atoms with van der Waals surface area (Å²) >= 11 is 4.06. The summed E-state index contributed by atoms with van der Waals surface area (Å²) in [6.07, 6.45) is 6.44. The van der Waals surface area contributed by atoms with Gasteiger partial charge in [-0.25, -0.2) is 4.98 Å². The molecule has 0 radical (unpaired) electrons. The molecule has 3 aromatic rings. The molecule has 0 spiro atoms. The average Bonchev–Trinajstić information content (AvgIpc) is 3.10. The fourth-order valence-electron chi connectivity index (χ4n) is 2.66. The molecule has 6 heteroatoms. The number of halogens is 1. The first-order chi connectivity index (χ1) is 12.8. The van der Waals surface area contributed by atoms with Crippen molar-refractivity contribution in [2.75, 3.05) is 11.5 Å². The Bertz CT molecular complexity index is 784. The molecular formula is C21H27ClN2OS2. The van der Waals surface area contributed by atoms with E-state index in [0.29, 0.717) is 11.2 Å². The number of hydrogen-bond donors (Lipinski definition) is 0. The number of rotatable bonds is 10. The Balaban J connectivity index is 0.00000261. The van der Waals surface area contributed by atoms with Crippen LogP contribution in [0.5, 0.6) is 5.75 Å². The molecule has 2 aromatic heterocycles. The van der Waals surface area contributed by atoms with Gasteiger partial charge in [0, 0.05) is 12.4 Å². The van der Waals surface area contributed by atoms with Crippen LogP contribution in [0.2, 0.25) is 0 Å². The molecule has 3 nitrogen and oxygen atoms in total. The van der Waals surface area contributed by atoms with Crippen LogP contribution in [0.3, 0.4) is 0 Å². The highest BCUT2D eigenvalue weighted by molar-refractivity contribution is 8.16. The summed E-state index contributed by atoms with van der Waals surface area (Å²) in [5, 5.41) is 0. The van der Waals surface area contributed by atoms with Gasteiger partial charge in [0.1, 0.15) is 18.0 Å². The van der Waals surface area contributed by atoms with Crippen molar-refractivity contribution in [3.8, 4) is 5.75 Å². The van der Waals surface area contributed by atoms with E-state index in [-0.39, 0.29) is 12.4 Å². The van der Waals surface area contributed by atoms with Crippen molar-refractivity contribution in [2.24, 2.45) is 0 Å². The third kappa shape index (κ3) is 6.37. The number of thioether (sulfide) groups is 2. The van der Waals surface area contributed by atoms with Crippen LogP contribution in [0.4, 0.5) is 0 Å². The van der Waals surface area contributed by atoms with E-state index in [9.17, 15) is 0 Å². The Kier molecular flexibility index (Phi) is 9.39. The molecule has 146 valence electrons. The molecule has 27 heavy (non-hydrogen) atoms. The minimum Gasteiger partial charge on any atom is -0.487 e. The number of fused-ring (bicyclic) bond motifs is 1. The molecule has 0 atom stereocenters. The molecule has 0 aliphatic carbocycles. The van der Waals surface area contributed by atoms with Crippen molar-refractivity contribution < 1.29 is 4.74 Å². The Morgan fingerprint density at radius 1 is 1.04 bits per heavy atom. The highest BCUT2D eigenvalue weighted by Crippen LogP contribution is 2.41. The summed E-state index contributed by atoms with van der Waals surface area (Å²) in [6, 6.07) is 14.5. The van der Waals surface area contributed by atoms with Gasteiger partial charge in [-0.2, -0.15) is 0 Å². The zero-order valence-corrected chi connectivity index (χ0v) is 18.3. The average molecular weight is 423 g/mol. The van der Waals surface area contributed by atoms with Gasteiger partial charge in [-0.1, -0.05) is 32.0 Å². The maximum Gasteiger partial charge on any atom is 0.137 e. The molecule has 0 fully saturated rings. The van der Waals surface area contributed by atoms with Crippen molar-refractivity contribution in [1.29, 1.82) is 0 Å². The third-order valence-electron chi connectivity index (χ3n) is 3.88. The van der Waals surface area contributed by atoms with Crippen LogP contribution in [0.15, 0.2) is 54.9 Å². The van der Waals surface area contributed by atoms with Gasteiger partial charge in [0.25, 0.3) is 0 Å². The van der Waals surface area contributed by atoms with Crippen molar-refractivity contribution >= 4 is 41.6 Å². The van der Waals surface area contributed by atoms with Crippen LogP contribution in [0.25, 0.3) is 5.65 Å². The maximum absolute atomic E-state index is 6.03. The van der Waals surface area contributed by atoms with Crippen LogP contribution in [0.1, 0.15) is 42.5 Å². The molecule has 0 aliphatic rings. The normalized spacial score (nSPS) is 10.9. The molecule has 0 unspecified atom stereocenters. The molecule has 0 amide bonds. The van der Waals surface area contributed by atoms with E-state index in [0.717, 1.165) is 17.1 Å². The van der Waals surface area contributed by atoms with Crippen LogP contribution < -0.4 is 4.74 Å². The van der Waals surface area contributed by atoms with Gasteiger partial charge in [-0.3, -0.25) is 0 Å². The number of imidazole rings is 1. The predicted octanol–water partition coefficient (Wildman–Crippen LogP) is 6.62. The molecule has 3 rings (SSSR count). The van der Waals surface area contributed by atoms with E-state index in [4.69, 9.17) is 4.74 Å². The lowest BCUT2D eigenvalue weighted by Crippen LogP contribution is -1.98. The highest BCUT2D eigenvalue weighted by Gasteiger charge is 2.13. The van der Waals surface area contributed by atoms with E-state index in [1.165, 1.54) is 29.9 Å². The van der Waals surface area contributed by atoms with Crippen LogP contribution in [0, 0.1) is 0 Å². The van der Waals surface area contributed by atoms with Crippen LogP contribution >= 0.6 is 35.9 Å². The number of nitrogens with zero attached hydrogens (tertiary/aromatic N) is 2. The van der Waals surface area contributed by atoms with Gasteiger partial charge in [-0.15, -0.1) is 35.9 Å². The predicted molar refractivity (Wildman–Crippen MR) is 121 cm³/mol. The van der Waals surface area contributed by atoms with Crippen molar-refractivity contribution in [2.45, 2.75) is 37.9 Å². The Hall–Kier alpha value is -1.30. The quantitative estimate of drug-likeness (QED) is 0.343. The van der Waals surface area contributed by atoms with Gasteiger partial charge >= 0.3 is 0 Å². The maximum atomic E-state index is 6.03. The lowest BCUT2D eigenvalue weighted by Gasteiger charge is -2.17. The monoisotopic (exact) mass is 422 g/mol. The second-order valence-corrected chi connectivity index (χ2v) is 8.86. The van der Waals surface area contributed by atoms with Crippen molar-refractivity contribution in [1.82, 2.24) is 9.38 Å². The number of pyridine rings is 1. The summed E-state index contributed by atoms with van der Waals surface area (Å²) in [6.45, 7) is 4.96. The molecular weight excluding hydrogens is 396 g/mol. The minimum atomic E-state index is 0. The first-order valence-corrected chi connectivity index (χ1v) is 11.3. The number of hydrogen-bond acceptors (Lipinski definition) is 4. The second-order valence-electron chi connectivity index (χ2n) is 6.13. The van der Waals surface area contributed by atoms with E-state index in [1.807, 2.05) is 64.6 Å². The fourth-order valence-corrected chi connectivity index (χ4v) is 5.20. The number of benzene rings is 1. The SMILES string of the molecule is CCCSC(SCCC)c1cccc(OCc2cn3ccccc3n2)c1.Cl. The summed E-state index contributed by atoms with van der Waals surface area (Å²) in [7, 11) is 0. The van der Waals surface area contributed by atoms with E-state index < -0.39 is 0 Å². The topological polar surface area (TPSA) is 26.5 Å². The Labute approximate surface area is 176 Å². The van der Waals surface area contributed by atoms with Gasteiger partial charge in [0.2, 0.25) is 0 Å². The minimum absolute atomic E-state index is 0. The van der Waals surface area contributed by atoms with Gasteiger partial charge in [-0.05, 0) is 54.2 Å². The second kappa shape index (κ2) is 11.5. The molecule has 0 aliphatic heterocycles. The summed E-state index contributed by atoms with van der Waals surface area (Å²) < 4.78 is 8.53.